The van der Waals surface area contributed by atoms with Crippen molar-refractivity contribution in [1.82, 2.24) is 20.9 Å². The summed E-state index contributed by atoms with van der Waals surface area (Å²) in [5, 5.41) is 8.65. The van der Waals surface area contributed by atoms with Gasteiger partial charge in [-0.1, -0.05) is 38.5 Å². The molecule has 3 aliphatic rings. The van der Waals surface area contributed by atoms with Gasteiger partial charge in [0, 0.05) is 18.6 Å². The van der Waals surface area contributed by atoms with Crippen LogP contribution in [0.4, 0.5) is 4.79 Å². The van der Waals surface area contributed by atoms with Gasteiger partial charge in [-0.3, -0.25) is 19.8 Å². The Kier molecular flexibility index (Phi) is 8.33. The number of carbonyl (C=O) groups is 3. The molecule has 0 aromatic rings. The van der Waals surface area contributed by atoms with Crippen molar-refractivity contribution >= 4 is 17.8 Å². The monoisotopic (exact) mass is 406 g/mol. The van der Waals surface area contributed by atoms with Crippen molar-refractivity contribution in [2.75, 3.05) is 13.1 Å². The van der Waals surface area contributed by atoms with Gasteiger partial charge < -0.3 is 10.6 Å². The summed E-state index contributed by atoms with van der Waals surface area (Å²) in [6.07, 6.45) is 13.0. The average Bonchev–Trinajstić information content (AvgIpc) is 2.74. The number of nitrogens with one attached hydrogen (secondary N) is 3. The van der Waals surface area contributed by atoms with E-state index in [1.54, 1.807) is 0 Å². The Morgan fingerprint density at radius 1 is 0.793 bits per heavy atom. The van der Waals surface area contributed by atoms with Crippen LogP contribution < -0.4 is 16.0 Å². The maximum atomic E-state index is 12.7. The maximum absolute atomic E-state index is 12.7. The topological polar surface area (TPSA) is 90.5 Å². The van der Waals surface area contributed by atoms with Crippen molar-refractivity contribution in [2.45, 2.75) is 102 Å². The van der Waals surface area contributed by atoms with Crippen LogP contribution in [-0.4, -0.2) is 54.0 Å². The van der Waals surface area contributed by atoms with E-state index < -0.39 is 12.1 Å². The molecule has 29 heavy (non-hydrogen) atoms. The predicted molar refractivity (Wildman–Crippen MR) is 112 cm³/mol. The molecule has 7 nitrogen and oxygen atoms in total. The van der Waals surface area contributed by atoms with Crippen LogP contribution in [0.5, 0.6) is 0 Å². The van der Waals surface area contributed by atoms with Crippen molar-refractivity contribution in [3.05, 3.63) is 0 Å². The molecule has 3 rings (SSSR count). The summed E-state index contributed by atoms with van der Waals surface area (Å²) >= 11 is 0. The molecule has 0 spiro atoms. The molecule has 2 saturated carbocycles. The van der Waals surface area contributed by atoms with Crippen LogP contribution in [0.15, 0.2) is 0 Å². The second-order valence-corrected chi connectivity index (χ2v) is 9.15. The number of hydrogen-bond donors (Lipinski definition) is 3. The SMILES string of the molecule is CC(C(=O)NC(=O)NC1CCCCC1)N1CCCC(C(=O)NC2CCCCC2)C1. The first-order chi connectivity index (χ1) is 14.0. The first kappa shape index (κ1) is 22.1. The lowest BCUT2D eigenvalue weighted by molar-refractivity contribution is -0.131. The smallest absolute Gasteiger partial charge is 0.321 e. The van der Waals surface area contributed by atoms with Gasteiger partial charge in [0.25, 0.3) is 0 Å². The van der Waals surface area contributed by atoms with Crippen molar-refractivity contribution in [3.8, 4) is 0 Å². The summed E-state index contributed by atoms with van der Waals surface area (Å²) in [7, 11) is 0. The zero-order valence-corrected chi connectivity index (χ0v) is 17.9. The van der Waals surface area contributed by atoms with E-state index in [9.17, 15) is 14.4 Å². The molecule has 2 unspecified atom stereocenters. The molecule has 0 radical (unpaired) electrons. The van der Waals surface area contributed by atoms with Crippen molar-refractivity contribution in [2.24, 2.45) is 5.92 Å². The molecule has 3 fully saturated rings. The average molecular weight is 407 g/mol. The third-order valence-corrected chi connectivity index (χ3v) is 6.88. The van der Waals surface area contributed by atoms with E-state index in [1.807, 2.05) is 11.8 Å². The standard InChI is InChI=1S/C22H38N4O3/c1-16(20(27)25-22(29)24-19-12-6-3-7-13-19)26-14-8-9-17(15-26)21(28)23-18-10-4-2-5-11-18/h16-19H,2-15H2,1H3,(H,23,28)(H2,24,25,27,29). The van der Waals surface area contributed by atoms with Crippen molar-refractivity contribution in [1.29, 1.82) is 0 Å². The highest BCUT2D eigenvalue weighted by Crippen LogP contribution is 2.22. The highest BCUT2D eigenvalue weighted by Gasteiger charge is 2.32. The fraction of sp³-hybridized carbons (Fsp3) is 0.864. The van der Waals surface area contributed by atoms with Gasteiger partial charge >= 0.3 is 6.03 Å². The third kappa shape index (κ3) is 6.69. The van der Waals surface area contributed by atoms with Crippen LogP contribution in [0.3, 0.4) is 0 Å². The highest BCUT2D eigenvalue weighted by molar-refractivity contribution is 5.97. The summed E-state index contributed by atoms with van der Waals surface area (Å²) in [5.74, 6) is -0.229. The number of piperidine rings is 1. The van der Waals surface area contributed by atoms with Crippen LogP contribution in [0.2, 0.25) is 0 Å². The minimum absolute atomic E-state index is 0.0722. The molecule has 2 atom stereocenters. The van der Waals surface area contributed by atoms with Gasteiger partial charge in [0.15, 0.2) is 0 Å². The number of likely N-dealkylation sites (tertiary alicyclic amines) is 1. The molecular formula is C22H38N4O3. The first-order valence-electron chi connectivity index (χ1n) is 11.7. The Balaban J connectivity index is 1.43. The number of urea groups is 1. The summed E-state index contributed by atoms with van der Waals surface area (Å²) in [6.45, 7) is 3.19. The zero-order chi connectivity index (χ0) is 20.6. The molecule has 4 amide bonds. The molecule has 1 aliphatic heterocycles. The highest BCUT2D eigenvalue weighted by atomic mass is 16.2. The van der Waals surface area contributed by atoms with Crippen LogP contribution >= 0.6 is 0 Å². The lowest BCUT2D eigenvalue weighted by atomic mass is 9.92. The van der Waals surface area contributed by atoms with Crippen LogP contribution in [0.25, 0.3) is 0 Å². The van der Waals surface area contributed by atoms with Crippen LogP contribution in [0.1, 0.15) is 84.0 Å². The summed E-state index contributed by atoms with van der Waals surface area (Å²) in [6, 6.07) is -0.319. The summed E-state index contributed by atoms with van der Waals surface area (Å²) < 4.78 is 0. The van der Waals surface area contributed by atoms with Crippen LogP contribution in [0, 0.1) is 5.92 Å². The Morgan fingerprint density at radius 3 is 2.00 bits per heavy atom. The van der Waals surface area contributed by atoms with E-state index in [4.69, 9.17) is 0 Å². The zero-order valence-electron chi connectivity index (χ0n) is 17.9. The summed E-state index contributed by atoms with van der Waals surface area (Å²) in [4.78, 5) is 39.5. The lowest BCUT2D eigenvalue weighted by Crippen LogP contribution is -2.54. The number of carbonyl (C=O) groups excluding carboxylic acids is 3. The van der Waals surface area contributed by atoms with E-state index in [0.29, 0.717) is 12.6 Å². The van der Waals surface area contributed by atoms with Gasteiger partial charge in [0.1, 0.15) is 0 Å². The number of amides is 4. The Labute approximate surface area is 174 Å². The molecule has 164 valence electrons. The Hall–Kier alpha value is -1.63. The van der Waals surface area contributed by atoms with E-state index in [0.717, 1.165) is 57.9 Å². The van der Waals surface area contributed by atoms with Gasteiger partial charge in [0.05, 0.1) is 12.0 Å². The summed E-state index contributed by atoms with van der Waals surface area (Å²) in [5.41, 5.74) is 0. The molecule has 0 aromatic carbocycles. The van der Waals surface area contributed by atoms with Crippen molar-refractivity contribution < 1.29 is 14.4 Å². The Morgan fingerprint density at radius 2 is 1.38 bits per heavy atom. The molecule has 0 bridgehead atoms. The second kappa shape index (κ2) is 11.0. The minimum atomic E-state index is -0.419. The van der Waals surface area contributed by atoms with Crippen molar-refractivity contribution in [3.63, 3.8) is 0 Å². The van der Waals surface area contributed by atoms with E-state index >= 15 is 0 Å². The molecule has 7 heteroatoms. The minimum Gasteiger partial charge on any atom is -0.353 e. The normalized spacial score (nSPS) is 25.8. The van der Waals surface area contributed by atoms with Gasteiger partial charge in [-0.25, -0.2) is 4.79 Å². The maximum Gasteiger partial charge on any atom is 0.321 e. The van der Waals surface area contributed by atoms with Gasteiger partial charge in [-0.05, 0) is 52.0 Å². The predicted octanol–water partition coefficient (Wildman–Crippen LogP) is 2.69. The molecular weight excluding hydrogens is 368 g/mol. The number of rotatable bonds is 5. The second-order valence-electron chi connectivity index (χ2n) is 9.15. The van der Waals surface area contributed by atoms with E-state index in [1.165, 1.54) is 25.7 Å². The largest absolute Gasteiger partial charge is 0.353 e. The third-order valence-electron chi connectivity index (χ3n) is 6.88. The number of nitrogens with zero attached hydrogens (tertiary/aromatic N) is 1. The Bertz CT molecular complexity index is 570. The van der Waals surface area contributed by atoms with E-state index in [2.05, 4.69) is 16.0 Å². The molecule has 0 aromatic heterocycles. The van der Waals surface area contributed by atoms with Gasteiger partial charge in [0.2, 0.25) is 11.8 Å². The molecule has 2 aliphatic carbocycles. The van der Waals surface area contributed by atoms with Crippen LogP contribution in [-0.2, 0) is 9.59 Å². The molecule has 1 saturated heterocycles. The number of imide groups is 1. The fourth-order valence-corrected chi connectivity index (χ4v) is 4.99. The lowest BCUT2D eigenvalue weighted by Gasteiger charge is -2.36. The van der Waals surface area contributed by atoms with Gasteiger partial charge in [-0.2, -0.15) is 0 Å². The van der Waals surface area contributed by atoms with E-state index in [-0.39, 0.29) is 23.8 Å². The first-order valence-corrected chi connectivity index (χ1v) is 11.7. The fourth-order valence-electron chi connectivity index (χ4n) is 4.99. The number of hydrogen-bond acceptors (Lipinski definition) is 4. The molecule has 3 N–H and O–H groups in total. The van der Waals surface area contributed by atoms with Gasteiger partial charge in [-0.15, -0.1) is 0 Å². The molecule has 1 heterocycles. The quantitative estimate of drug-likeness (QED) is 0.655.